The van der Waals surface area contributed by atoms with E-state index >= 15 is 0 Å². The first-order valence-corrected chi connectivity index (χ1v) is 8.20. The predicted molar refractivity (Wildman–Crippen MR) is 75.0 cm³/mol. The van der Waals surface area contributed by atoms with E-state index in [2.05, 4.69) is 10.0 Å². The van der Waals surface area contributed by atoms with Crippen molar-refractivity contribution in [2.24, 2.45) is 0 Å². The minimum absolute atomic E-state index is 0.218. The molecule has 1 aromatic rings. The third kappa shape index (κ3) is 3.41. The number of aryl methyl sites for hydroxylation is 1. The molecule has 0 amide bonds. The molecule has 0 aliphatic carbocycles. The fourth-order valence-corrected chi connectivity index (χ4v) is 4.03. The molecule has 2 heterocycles. The molecule has 0 bridgehead atoms. The number of nitrogens with one attached hydrogen (secondary N) is 2. The highest BCUT2D eigenvalue weighted by molar-refractivity contribution is 7.89. The Kier molecular flexibility index (Phi) is 4.53. The Balaban J connectivity index is 2.21. The number of furan rings is 1. The zero-order valence-corrected chi connectivity index (χ0v) is 13.0. The van der Waals surface area contributed by atoms with Crippen LogP contribution in [0.1, 0.15) is 31.3 Å². The van der Waals surface area contributed by atoms with Gasteiger partial charge in [0, 0.05) is 24.8 Å². The number of hydrogen-bond donors (Lipinski definition) is 2. The zero-order valence-electron chi connectivity index (χ0n) is 12.2. The van der Waals surface area contributed by atoms with Gasteiger partial charge >= 0.3 is 0 Å². The molecule has 0 spiro atoms. The van der Waals surface area contributed by atoms with E-state index in [1.54, 1.807) is 20.0 Å². The summed E-state index contributed by atoms with van der Waals surface area (Å²) in [5.74, 6) is 1.03. The SMILES string of the molecule is CNCc1cc(S(=O)(=O)NC2(C)CCOCC2)c(C)o1. The average molecular weight is 302 g/mol. The van der Waals surface area contributed by atoms with Gasteiger partial charge in [0.05, 0.1) is 6.54 Å². The summed E-state index contributed by atoms with van der Waals surface area (Å²) in [6.07, 6.45) is 1.35. The van der Waals surface area contributed by atoms with Crippen LogP contribution in [0.2, 0.25) is 0 Å². The summed E-state index contributed by atoms with van der Waals surface area (Å²) in [6.45, 7) is 5.24. The summed E-state index contributed by atoms with van der Waals surface area (Å²) in [4.78, 5) is 0.218. The second-order valence-corrected chi connectivity index (χ2v) is 7.09. The summed E-state index contributed by atoms with van der Waals surface area (Å²) >= 11 is 0. The van der Waals surface area contributed by atoms with Crippen molar-refractivity contribution in [1.29, 1.82) is 0 Å². The summed E-state index contributed by atoms with van der Waals surface area (Å²) in [6, 6.07) is 1.58. The van der Waals surface area contributed by atoms with E-state index in [0.717, 1.165) is 0 Å². The van der Waals surface area contributed by atoms with E-state index in [0.29, 0.717) is 44.1 Å². The van der Waals surface area contributed by atoms with Crippen LogP contribution in [0.25, 0.3) is 0 Å². The fourth-order valence-electron chi connectivity index (χ4n) is 2.36. The first kappa shape index (κ1) is 15.5. The van der Waals surface area contributed by atoms with Crippen LogP contribution in [-0.4, -0.2) is 34.2 Å². The van der Waals surface area contributed by atoms with Gasteiger partial charge in [-0.15, -0.1) is 0 Å². The number of sulfonamides is 1. The minimum atomic E-state index is -3.57. The smallest absolute Gasteiger partial charge is 0.244 e. The van der Waals surface area contributed by atoms with Crippen molar-refractivity contribution in [3.63, 3.8) is 0 Å². The van der Waals surface area contributed by atoms with Crippen LogP contribution >= 0.6 is 0 Å². The summed E-state index contributed by atoms with van der Waals surface area (Å²) in [5, 5.41) is 2.94. The highest BCUT2D eigenvalue weighted by Gasteiger charge is 2.34. The summed E-state index contributed by atoms with van der Waals surface area (Å²) < 4.78 is 38.6. The molecular weight excluding hydrogens is 280 g/mol. The first-order chi connectivity index (χ1) is 9.36. The quantitative estimate of drug-likeness (QED) is 0.853. The van der Waals surface area contributed by atoms with Crippen molar-refractivity contribution in [1.82, 2.24) is 10.0 Å². The maximum absolute atomic E-state index is 12.5. The molecule has 1 fully saturated rings. The van der Waals surface area contributed by atoms with Gasteiger partial charge in [-0.2, -0.15) is 0 Å². The molecule has 1 aliphatic rings. The minimum Gasteiger partial charge on any atom is -0.464 e. The molecule has 1 aromatic heterocycles. The maximum atomic E-state index is 12.5. The van der Waals surface area contributed by atoms with Gasteiger partial charge in [-0.25, -0.2) is 13.1 Å². The van der Waals surface area contributed by atoms with Crippen LogP contribution < -0.4 is 10.0 Å². The van der Waals surface area contributed by atoms with Gasteiger partial charge in [-0.3, -0.25) is 0 Å². The fraction of sp³-hybridized carbons (Fsp3) is 0.692. The summed E-state index contributed by atoms with van der Waals surface area (Å²) in [7, 11) is -1.79. The van der Waals surface area contributed by atoms with Crippen LogP contribution in [0.5, 0.6) is 0 Å². The van der Waals surface area contributed by atoms with Crippen molar-refractivity contribution in [3.8, 4) is 0 Å². The zero-order chi connectivity index (χ0) is 14.8. The van der Waals surface area contributed by atoms with Gasteiger partial charge in [0.1, 0.15) is 16.4 Å². The van der Waals surface area contributed by atoms with Gasteiger partial charge in [0.2, 0.25) is 10.0 Å². The lowest BCUT2D eigenvalue weighted by atomic mass is 9.94. The highest BCUT2D eigenvalue weighted by atomic mass is 32.2. The lowest BCUT2D eigenvalue weighted by Gasteiger charge is -2.33. The molecule has 1 aliphatic heterocycles. The van der Waals surface area contributed by atoms with Gasteiger partial charge in [-0.05, 0) is 33.7 Å². The third-order valence-corrected chi connectivity index (χ3v) is 5.29. The molecule has 0 aromatic carbocycles. The number of ether oxygens (including phenoxy) is 1. The predicted octanol–water partition coefficient (Wildman–Crippen LogP) is 1.15. The Morgan fingerprint density at radius 2 is 2.00 bits per heavy atom. The maximum Gasteiger partial charge on any atom is 0.244 e. The Labute approximate surface area is 119 Å². The third-order valence-electron chi connectivity index (χ3n) is 3.54. The van der Waals surface area contributed by atoms with Crippen molar-refractivity contribution in [2.45, 2.75) is 43.7 Å². The number of hydrogen-bond acceptors (Lipinski definition) is 5. The van der Waals surface area contributed by atoms with Crippen LogP contribution in [0, 0.1) is 6.92 Å². The molecule has 0 saturated carbocycles. The Morgan fingerprint density at radius 1 is 1.35 bits per heavy atom. The standard InChI is InChI=1S/C13H22N2O4S/c1-10-12(8-11(19-10)9-14-3)20(16,17)15-13(2)4-6-18-7-5-13/h8,14-15H,4-7,9H2,1-3H3. The lowest BCUT2D eigenvalue weighted by Crippen LogP contribution is -2.49. The van der Waals surface area contributed by atoms with E-state index < -0.39 is 15.6 Å². The second kappa shape index (κ2) is 5.85. The van der Waals surface area contributed by atoms with E-state index in [4.69, 9.17) is 9.15 Å². The van der Waals surface area contributed by atoms with Crippen LogP contribution in [0.4, 0.5) is 0 Å². The topological polar surface area (TPSA) is 80.6 Å². The second-order valence-electron chi connectivity index (χ2n) is 5.44. The molecule has 1 saturated heterocycles. The van der Waals surface area contributed by atoms with E-state index in [9.17, 15) is 8.42 Å². The Morgan fingerprint density at radius 3 is 2.60 bits per heavy atom. The highest BCUT2D eigenvalue weighted by Crippen LogP contribution is 2.25. The molecule has 6 nitrogen and oxygen atoms in total. The van der Waals surface area contributed by atoms with E-state index in [-0.39, 0.29) is 4.90 Å². The summed E-state index contributed by atoms with van der Waals surface area (Å²) in [5.41, 5.74) is -0.454. The van der Waals surface area contributed by atoms with Crippen LogP contribution in [-0.2, 0) is 21.3 Å². The Bertz CT molecular complexity index is 559. The van der Waals surface area contributed by atoms with E-state index in [1.807, 2.05) is 6.92 Å². The molecule has 2 rings (SSSR count). The van der Waals surface area contributed by atoms with Crippen LogP contribution in [0.3, 0.4) is 0 Å². The van der Waals surface area contributed by atoms with Crippen LogP contribution in [0.15, 0.2) is 15.4 Å². The molecule has 0 radical (unpaired) electrons. The normalized spacial score (nSPS) is 19.1. The van der Waals surface area contributed by atoms with Crippen molar-refractivity contribution < 1.29 is 17.6 Å². The molecule has 0 atom stereocenters. The number of rotatable bonds is 5. The van der Waals surface area contributed by atoms with E-state index in [1.165, 1.54) is 0 Å². The monoisotopic (exact) mass is 302 g/mol. The molecule has 2 N–H and O–H groups in total. The van der Waals surface area contributed by atoms with Crippen molar-refractivity contribution in [3.05, 3.63) is 17.6 Å². The lowest BCUT2D eigenvalue weighted by molar-refractivity contribution is 0.0537. The largest absolute Gasteiger partial charge is 0.464 e. The van der Waals surface area contributed by atoms with Gasteiger partial charge in [-0.1, -0.05) is 0 Å². The van der Waals surface area contributed by atoms with Crippen molar-refractivity contribution in [2.75, 3.05) is 20.3 Å². The van der Waals surface area contributed by atoms with Gasteiger partial charge in [0.25, 0.3) is 0 Å². The molecule has 20 heavy (non-hydrogen) atoms. The molecular formula is C13H22N2O4S. The Hall–Kier alpha value is -0.890. The molecule has 114 valence electrons. The molecule has 0 unspecified atom stereocenters. The van der Waals surface area contributed by atoms with Crippen molar-refractivity contribution >= 4 is 10.0 Å². The average Bonchev–Trinajstić information content (AvgIpc) is 2.71. The molecule has 7 heteroatoms. The first-order valence-electron chi connectivity index (χ1n) is 6.72. The van der Waals surface area contributed by atoms with Gasteiger partial charge in [0.15, 0.2) is 0 Å². The van der Waals surface area contributed by atoms with Gasteiger partial charge < -0.3 is 14.5 Å².